The number of alkyl halides is 3. The van der Waals surface area contributed by atoms with E-state index >= 15 is 0 Å². The Labute approximate surface area is 96.6 Å². The van der Waals surface area contributed by atoms with Gasteiger partial charge in [0.25, 0.3) is 0 Å². The Morgan fingerprint density at radius 3 is 2.75 bits per heavy atom. The summed E-state index contributed by atoms with van der Waals surface area (Å²) < 4.78 is 35.3. The van der Waals surface area contributed by atoms with Gasteiger partial charge in [-0.3, -0.25) is 4.98 Å². The predicted octanol–water partition coefficient (Wildman–Crippen LogP) is 2.47. The fraction of sp³-hybridized carbons (Fsp3) is 0.500. The molecule has 1 rings (SSSR count). The summed E-state index contributed by atoms with van der Waals surface area (Å²) in [5.41, 5.74) is -3.04. The standard InChI is InChI=1S/C10H13F3N2S/c11-10(12,13)16-7-6-14-5-3-9-2-1-4-15-8-9/h1-2,4,8,14H,3,5-7H2. The van der Waals surface area contributed by atoms with E-state index in [2.05, 4.69) is 10.3 Å². The number of hydrogen-bond acceptors (Lipinski definition) is 3. The molecule has 0 bridgehead atoms. The third-order valence-electron chi connectivity index (χ3n) is 1.86. The van der Waals surface area contributed by atoms with Crippen LogP contribution in [0.1, 0.15) is 5.56 Å². The van der Waals surface area contributed by atoms with Crippen molar-refractivity contribution in [3.8, 4) is 0 Å². The Kier molecular flexibility index (Phi) is 5.62. The zero-order valence-electron chi connectivity index (χ0n) is 8.63. The average molecular weight is 250 g/mol. The van der Waals surface area contributed by atoms with Gasteiger partial charge in [0.1, 0.15) is 0 Å². The van der Waals surface area contributed by atoms with Crippen molar-refractivity contribution in [2.45, 2.75) is 11.9 Å². The molecular weight excluding hydrogens is 237 g/mol. The van der Waals surface area contributed by atoms with E-state index in [0.29, 0.717) is 13.1 Å². The Hall–Kier alpha value is -0.750. The molecule has 0 fully saturated rings. The van der Waals surface area contributed by atoms with Gasteiger partial charge in [0.15, 0.2) is 0 Å². The van der Waals surface area contributed by atoms with Crippen molar-refractivity contribution < 1.29 is 13.2 Å². The maximum Gasteiger partial charge on any atom is 0.441 e. The highest BCUT2D eigenvalue weighted by Crippen LogP contribution is 2.29. The van der Waals surface area contributed by atoms with E-state index in [9.17, 15) is 13.2 Å². The molecule has 0 saturated carbocycles. The van der Waals surface area contributed by atoms with Crippen LogP contribution < -0.4 is 5.32 Å². The fourth-order valence-electron chi connectivity index (χ4n) is 1.14. The van der Waals surface area contributed by atoms with Gasteiger partial charge in [-0.2, -0.15) is 13.2 Å². The lowest BCUT2D eigenvalue weighted by atomic mass is 10.2. The summed E-state index contributed by atoms with van der Waals surface area (Å²) in [6.45, 7) is 1.04. The number of aromatic nitrogens is 1. The van der Waals surface area contributed by atoms with Crippen molar-refractivity contribution in [3.05, 3.63) is 30.1 Å². The molecule has 0 aromatic carbocycles. The van der Waals surface area contributed by atoms with Gasteiger partial charge in [-0.1, -0.05) is 6.07 Å². The highest BCUT2D eigenvalue weighted by Gasteiger charge is 2.27. The smallest absolute Gasteiger partial charge is 0.316 e. The molecular formula is C10H13F3N2S. The number of nitrogens with one attached hydrogen (secondary N) is 1. The van der Waals surface area contributed by atoms with Gasteiger partial charge in [-0.25, -0.2) is 0 Å². The Morgan fingerprint density at radius 1 is 1.31 bits per heavy atom. The number of hydrogen-bond donors (Lipinski definition) is 1. The summed E-state index contributed by atoms with van der Waals surface area (Å²) in [7, 11) is 0. The molecule has 0 unspecified atom stereocenters. The first-order valence-corrected chi connectivity index (χ1v) is 5.87. The molecule has 0 aliphatic heterocycles. The molecule has 1 N–H and O–H groups in total. The molecule has 1 aromatic rings. The van der Waals surface area contributed by atoms with E-state index < -0.39 is 5.51 Å². The third-order valence-corrected chi connectivity index (χ3v) is 2.59. The van der Waals surface area contributed by atoms with Crippen LogP contribution in [0.3, 0.4) is 0 Å². The highest BCUT2D eigenvalue weighted by molar-refractivity contribution is 8.00. The van der Waals surface area contributed by atoms with Crippen molar-refractivity contribution >= 4 is 11.8 Å². The molecule has 0 saturated heterocycles. The van der Waals surface area contributed by atoms with Crippen LogP contribution in [0.15, 0.2) is 24.5 Å². The summed E-state index contributed by atoms with van der Waals surface area (Å²) in [5, 5.41) is 2.96. The summed E-state index contributed by atoms with van der Waals surface area (Å²) in [6, 6.07) is 3.79. The number of thioether (sulfide) groups is 1. The van der Waals surface area contributed by atoms with Crippen LogP contribution in [0.25, 0.3) is 0 Å². The number of nitrogens with zero attached hydrogens (tertiary/aromatic N) is 1. The summed E-state index contributed by atoms with van der Waals surface area (Å²) in [6.07, 6.45) is 4.23. The van der Waals surface area contributed by atoms with Crippen molar-refractivity contribution in [1.82, 2.24) is 10.3 Å². The zero-order valence-corrected chi connectivity index (χ0v) is 9.44. The van der Waals surface area contributed by atoms with E-state index in [-0.39, 0.29) is 17.5 Å². The van der Waals surface area contributed by atoms with Gasteiger partial charge in [0.2, 0.25) is 0 Å². The summed E-state index contributed by atoms with van der Waals surface area (Å²) >= 11 is 0.00497. The van der Waals surface area contributed by atoms with Crippen LogP contribution >= 0.6 is 11.8 Å². The molecule has 0 amide bonds. The van der Waals surface area contributed by atoms with Gasteiger partial charge >= 0.3 is 5.51 Å². The second-order valence-corrected chi connectivity index (χ2v) is 4.32. The molecule has 90 valence electrons. The van der Waals surface area contributed by atoms with Gasteiger partial charge < -0.3 is 5.32 Å². The van der Waals surface area contributed by atoms with Crippen LogP contribution in [0.5, 0.6) is 0 Å². The first-order chi connectivity index (χ1) is 7.58. The first kappa shape index (κ1) is 13.3. The van der Waals surface area contributed by atoms with E-state index in [1.807, 2.05) is 12.1 Å². The first-order valence-electron chi connectivity index (χ1n) is 4.88. The van der Waals surface area contributed by atoms with Gasteiger partial charge in [-0.05, 0) is 36.4 Å². The molecule has 2 nitrogen and oxygen atoms in total. The third kappa shape index (κ3) is 6.68. The molecule has 0 aliphatic carbocycles. The minimum atomic E-state index is -4.12. The second kappa shape index (κ2) is 6.75. The van der Waals surface area contributed by atoms with Gasteiger partial charge in [0.05, 0.1) is 0 Å². The maximum absolute atomic E-state index is 11.8. The largest absolute Gasteiger partial charge is 0.441 e. The second-order valence-electron chi connectivity index (χ2n) is 3.16. The van der Waals surface area contributed by atoms with E-state index in [4.69, 9.17) is 0 Å². The van der Waals surface area contributed by atoms with Crippen LogP contribution in [0.2, 0.25) is 0 Å². The molecule has 0 aliphatic rings. The van der Waals surface area contributed by atoms with Gasteiger partial charge in [0, 0.05) is 24.7 Å². The van der Waals surface area contributed by atoms with Crippen LogP contribution in [-0.4, -0.2) is 29.3 Å². The van der Waals surface area contributed by atoms with Crippen LogP contribution in [0, 0.1) is 0 Å². The monoisotopic (exact) mass is 250 g/mol. The van der Waals surface area contributed by atoms with Gasteiger partial charge in [-0.15, -0.1) is 0 Å². The maximum atomic E-state index is 11.8. The Balaban J connectivity index is 2.01. The summed E-state index contributed by atoms with van der Waals surface area (Å²) in [5.74, 6) is 0.0521. The van der Waals surface area contributed by atoms with Crippen molar-refractivity contribution in [3.63, 3.8) is 0 Å². The molecule has 0 atom stereocenters. The van der Waals surface area contributed by atoms with E-state index in [1.165, 1.54) is 0 Å². The minimum Gasteiger partial charge on any atom is -0.316 e. The van der Waals surface area contributed by atoms with E-state index in [1.54, 1.807) is 12.4 Å². The SMILES string of the molecule is FC(F)(F)SCCNCCc1cccnc1. The van der Waals surface area contributed by atoms with Crippen molar-refractivity contribution in [2.75, 3.05) is 18.8 Å². The number of rotatable bonds is 6. The van der Waals surface area contributed by atoms with Crippen LogP contribution in [0.4, 0.5) is 13.2 Å². The molecule has 1 aromatic heterocycles. The summed E-state index contributed by atoms with van der Waals surface area (Å²) in [4.78, 5) is 3.95. The predicted molar refractivity (Wildman–Crippen MR) is 59.3 cm³/mol. The molecule has 6 heteroatoms. The lowest BCUT2D eigenvalue weighted by Crippen LogP contribution is -2.21. The molecule has 1 heterocycles. The lowest BCUT2D eigenvalue weighted by Gasteiger charge is -2.06. The molecule has 0 spiro atoms. The Bertz CT molecular complexity index is 290. The zero-order chi connectivity index (χ0) is 11.9. The lowest BCUT2D eigenvalue weighted by molar-refractivity contribution is -0.0327. The fourth-order valence-corrected chi connectivity index (χ4v) is 1.62. The topological polar surface area (TPSA) is 24.9 Å². The Morgan fingerprint density at radius 2 is 2.12 bits per heavy atom. The van der Waals surface area contributed by atoms with E-state index in [0.717, 1.165) is 12.0 Å². The highest BCUT2D eigenvalue weighted by atomic mass is 32.2. The van der Waals surface area contributed by atoms with Crippen LogP contribution in [-0.2, 0) is 6.42 Å². The number of pyridine rings is 1. The number of halogens is 3. The normalized spacial score (nSPS) is 11.7. The minimum absolute atomic E-state index is 0.00497. The average Bonchev–Trinajstić information content (AvgIpc) is 2.23. The molecule has 16 heavy (non-hydrogen) atoms. The molecule has 0 radical (unpaired) electrons. The van der Waals surface area contributed by atoms with Crippen molar-refractivity contribution in [1.29, 1.82) is 0 Å². The van der Waals surface area contributed by atoms with Crippen molar-refractivity contribution in [2.24, 2.45) is 0 Å². The quantitative estimate of drug-likeness (QED) is 0.785.